The first-order valence-electron chi connectivity index (χ1n) is 8.71. The van der Waals surface area contributed by atoms with Gasteiger partial charge in [0.25, 0.3) is 0 Å². The molecule has 0 unspecified atom stereocenters. The maximum Gasteiger partial charge on any atom is 0.646 e. The van der Waals surface area contributed by atoms with Crippen molar-refractivity contribution in [2.75, 3.05) is 0 Å². The van der Waals surface area contributed by atoms with Crippen molar-refractivity contribution in [2.24, 2.45) is 0 Å². The second-order valence-electron chi connectivity index (χ2n) is 5.97. The van der Waals surface area contributed by atoms with Crippen molar-refractivity contribution >= 4 is 7.82 Å². The van der Waals surface area contributed by atoms with Crippen molar-refractivity contribution < 1.29 is 18.1 Å². The zero-order valence-corrected chi connectivity index (χ0v) is 15.1. The maximum absolute atomic E-state index is 13.3. The average molecular weight is 358 g/mol. The van der Waals surface area contributed by atoms with Gasteiger partial charge in [-0.25, -0.2) is 0 Å². The minimum absolute atomic E-state index is 0.452. The highest BCUT2D eigenvalue weighted by atomic mass is 31.2. The molecule has 0 radical (unpaired) electrons. The molecule has 25 heavy (non-hydrogen) atoms. The van der Waals surface area contributed by atoms with E-state index in [1.54, 1.807) is 24.3 Å². The molecule has 0 saturated carbocycles. The highest BCUT2D eigenvalue weighted by Crippen LogP contribution is 2.52. The minimum atomic E-state index is -3.83. The molecule has 0 bridgehead atoms. The quantitative estimate of drug-likeness (QED) is 0.552. The fourth-order valence-corrected chi connectivity index (χ4v) is 3.99. The summed E-state index contributed by atoms with van der Waals surface area (Å²) in [5.41, 5.74) is 0. The second-order valence-corrected chi connectivity index (χ2v) is 7.41. The van der Waals surface area contributed by atoms with E-state index in [1.165, 1.54) is 6.42 Å². The van der Waals surface area contributed by atoms with E-state index in [4.69, 9.17) is 13.6 Å². The van der Waals surface area contributed by atoms with Crippen molar-refractivity contribution in [1.29, 1.82) is 0 Å². The van der Waals surface area contributed by atoms with Gasteiger partial charge in [-0.05, 0) is 49.6 Å². The van der Waals surface area contributed by atoms with Gasteiger partial charge in [0.2, 0.25) is 0 Å². The van der Waals surface area contributed by atoms with Crippen LogP contribution in [0.4, 0.5) is 0 Å². The molecule has 2 aromatic rings. The number of benzene rings is 2. The lowest BCUT2D eigenvalue weighted by molar-refractivity contribution is 0.247. The predicted octanol–water partition coefficient (Wildman–Crippen LogP) is 6.51. The average Bonchev–Trinajstić information content (AvgIpc) is 2.59. The zero-order valence-electron chi connectivity index (χ0n) is 14.2. The highest BCUT2D eigenvalue weighted by Gasteiger charge is 2.33. The summed E-state index contributed by atoms with van der Waals surface area (Å²) in [5, 5.41) is 0. The third-order valence-electron chi connectivity index (χ3n) is 3.90. The van der Waals surface area contributed by atoms with Gasteiger partial charge >= 0.3 is 7.82 Å². The monoisotopic (exact) mass is 358 g/mol. The van der Waals surface area contributed by atoms with Crippen LogP contribution in [0.5, 0.6) is 11.5 Å². The van der Waals surface area contributed by atoms with Crippen molar-refractivity contribution in [3.63, 3.8) is 0 Å². The first-order valence-corrected chi connectivity index (χ1v) is 10.2. The number of rotatable bonds is 6. The Balaban J connectivity index is 1.81. The summed E-state index contributed by atoms with van der Waals surface area (Å²) in [4.78, 5) is 0. The zero-order chi connectivity index (χ0) is 17.4. The van der Waals surface area contributed by atoms with Crippen LogP contribution in [0.15, 0.2) is 72.5 Å². The molecule has 2 aromatic carbocycles. The third-order valence-corrected chi connectivity index (χ3v) is 5.23. The molecule has 0 saturated heterocycles. The van der Waals surface area contributed by atoms with Crippen LogP contribution in [-0.2, 0) is 9.09 Å². The lowest BCUT2D eigenvalue weighted by Gasteiger charge is -2.21. The van der Waals surface area contributed by atoms with E-state index in [0.29, 0.717) is 17.3 Å². The molecule has 3 rings (SSSR count). The molecule has 0 atom stereocenters. The maximum atomic E-state index is 13.3. The summed E-state index contributed by atoms with van der Waals surface area (Å²) in [5.74, 6) is 1.59. The first-order chi connectivity index (χ1) is 12.2. The van der Waals surface area contributed by atoms with Crippen LogP contribution >= 0.6 is 7.82 Å². The molecule has 0 spiro atoms. The van der Waals surface area contributed by atoms with Crippen molar-refractivity contribution in [1.82, 2.24) is 0 Å². The smallest absolute Gasteiger partial charge is 0.391 e. The molecule has 1 aliphatic rings. The van der Waals surface area contributed by atoms with Crippen LogP contribution in [0.1, 0.15) is 38.5 Å². The minimum Gasteiger partial charge on any atom is -0.391 e. The van der Waals surface area contributed by atoms with Crippen LogP contribution in [0, 0.1) is 0 Å². The molecular formula is C20H23O4P. The van der Waals surface area contributed by atoms with Gasteiger partial charge in [-0.15, -0.1) is 0 Å². The van der Waals surface area contributed by atoms with Crippen LogP contribution < -0.4 is 9.05 Å². The third kappa shape index (κ3) is 5.68. The molecule has 0 aliphatic heterocycles. The van der Waals surface area contributed by atoms with Crippen molar-refractivity contribution in [3.05, 3.63) is 72.5 Å². The van der Waals surface area contributed by atoms with Crippen molar-refractivity contribution in [2.45, 2.75) is 38.5 Å². The number of para-hydroxylation sites is 2. The fraction of sp³-hybridized carbons (Fsp3) is 0.300. The Labute approximate surface area is 149 Å². The van der Waals surface area contributed by atoms with Crippen LogP contribution in [0.2, 0.25) is 0 Å². The Morgan fingerprint density at radius 3 is 1.84 bits per heavy atom. The number of phosphoric acid groups is 1. The lowest BCUT2D eigenvalue weighted by Crippen LogP contribution is -2.06. The molecule has 0 amide bonds. The van der Waals surface area contributed by atoms with Gasteiger partial charge in [-0.1, -0.05) is 49.2 Å². The molecule has 0 heterocycles. The van der Waals surface area contributed by atoms with E-state index < -0.39 is 7.82 Å². The fourth-order valence-electron chi connectivity index (χ4n) is 2.67. The van der Waals surface area contributed by atoms with E-state index in [0.717, 1.165) is 32.1 Å². The van der Waals surface area contributed by atoms with E-state index in [9.17, 15) is 4.57 Å². The van der Waals surface area contributed by atoms with Gasteiger partial charge in [-0.3, -0.25) is 0 Å². The SMILES string of the molecule is O=P(O/C1=C/CCCCCC1)(Oc1ccccc1)Oc1ccccc1. The molecule has 1 aliphatic carbocycles. The van der Waals surface area contributed by atoms with Gasteiger partial charge in [0, 0.05) is 6.42 Å². The number of hydrogen-bond acceptors (Lipinski definition) is 4. The van der Waals surface area contributed by atoms with Crippen LogP contribution in [0.3, 0.4) is 0 Å². The van der Waals surface area contributed by atoms with Gasteiger partial charge < -0.3 is 13.6 Å². The van der Waals surface area contributed by atoms with Gasteiger partial charge in [0.1, 0.15) is 17.3 Å². The van der Waals surface area contributed by atoms with E-state index >= 15 is 0 Å². The molecule has 4 nitrogen and oxygen atoms in total. The van der Waals surface area contributed by atoms with Gasteiger partial charge in [0.05, 0.1) is 0 Å². The molecule has 5 heteroatoms. The summed E-state index contributed by atoms with van der Waals surface area (Å²) < 4.78 is 30.4. The number of hydrogen-bond donors (Lipinski definition) is 0. The molecule has 0 aromatic heterocycles. The Morgan fingerprint density at radius 1 is 0.680 bits per heavy atom. The Bertz CT molecular complexity index is 682. The summed E-state index contributed by atoms with van der Waals surface area (Å²) in [6.45, 7) is 0. The van der Waals surface area contributed by atoms with E-state index in [2.05, 4.69) is 0 Å². The van der Waals surface area contributed by atoms with Crippen molar-refractivity contribution in [3.8, 4) is 11.5 Å². The highest BCUT2D eigenvalue weighted by molar-refractivity contribution is 7.49. The topological polar surface area (TPSA) is 44.8 Å². The molecular weight excluding hydrogens is 335 g/mol. The van der Waals surface area contributed by atoms with Crippen LogP contribution in [-0.4, -0.2) is 0 Å². The largest absolute Gasteiger partial charge is 0.646 e. The number of allylic oxidation sites excluding steroid dienone is 2. The predicted molar refractivity (Wildman–Crippen MR) is 98.6 cm³/mol. The van der Waals surface area contributed by atoms with E-state index in [-0.39, 0.29) is 0 Å². The summed E-state index contributed by atoms with van der Waals surface area (Å²) in [6, 6.07) is 17.9. The van der Waals surface area contributed by atoms with Gasteiger partial charge in [0.15, 0.2) is 0 Å². The normalized spacial score (nSPS) is 17.5. The molecule has 132 valence electrons. The molecule has 0 fully saturated rings. The Morgan fingerprint density at radius 2 is 1.24 bits per heavy atom. The van der Waals surface area contributed by atoms with E-state index in [1.807, 2.05) is 42.5 Å². The number of phosphoric ester groups is 1. The Kier molecular flexibility index (Phi) is 6.19. The van der Waals surface area contributed by atoms with Crippen LogP contribution in [0.25, 0.3) is 0 Å². The van der Waals surface area contributed by atoms with Gasteiger partial charge in [-0.2, -0.15) is 4.57 Å². The molecule has 0 N–H and O–H groups in total. The lowest BCUT2D eigenvalue weighted by atomic mass is 10.1. The summed E-state index contributed by atoms with van der Waals surface area (Å²) in [6.07, 6.45) is 8.20. The Hall–Kier alpha value is -2.19. The summed E-state index contributed by atoms with van der Waals surface area (Å²) >= 11 is 0. The second kappa shape index (κ2) is 8.77. The standard InChI is InChI=1S/C20H23O4P/c21-25(23-19-14-8-4-9-15-19,24-20-16-10-5-11-17-20)22-18-12-6-2-1-3-7-13-18/h4-5,8-12,14-17H,1-3,6-7,13H2/b18-12+. The summed E-state index contributed by atoms with van der Waals surface area (Å²) in [7, 11) is -3.83. The first kappa shape index (κ1) is 17.6.